The number of benzene rings is 2. The van der Waals surface area contributed by atoms with Crippen LogP contribution in [-0.4, -0.2) is 6.61 Å². The van der Waals surface area contributed by atoms with Crippen LogP contribution in [0.4, 0.5) is 0 Å². The van der Waals surface area contributed by atoms with Crippen LogP contribution in [0.5, 0.6) is 5.75 Å². The molecule has 0 aliphatic carbocycles. The average molecular weight is 351 g/mol. The Balaban J connectivity index is 1.93. The van der Waals surface area contributed by atoms with Gasteiger partial charge in [-0.3, -0.25) is 0 Å². The number of ether oxygens (including phenoxy) is 1. The Bertz CT molecular complexity index is 622. The lowest BCUT2D eigenvalue weighted by Gasteiger charge is -2.10. The highest BCUT2D eigenvalue weighted by molar-refractivity contribution is 9.10. The van der Waals surface area contributed by atoms with Crippen LogP contribution >= 0.6 is 27.5 Å². The third-order valence-corrected chi connectivity index (χ3v) is 3.64. The van der Waals surface area contributed by atoms with Crippen LogP contribution in [0.25, 0.3) is 0 Å². The number of nitrogens with zero attached hydrogens (tertiary/aromatic N) is 1. The summed E-state index contributed by atoms with van der Waals surface area (Å²) in [6.07, 6.45) is 1.85. The molecule has 0 unspecified atom stereocenters. The molecule has 2 aromatic rings. The summed E-state index contributed by atoms with van der Waals surface area (Å²) >= 11 is 9.28. The van der Waals surface area contributed by atoms with Gasteiger partial charge in [-0.05, 0) is 46.5 Å². The lowest BCUT2D eigenvalue weighted by molar-refractivity contribution is 0.308. The normalized spacial score (nSPS) is 10.1. The summed E-state index contributed by atoms with van der Waals surface area (Å²) in [6, 6.07) is 15.7. The molecule has 102 valence electrons. The highest BCUT2D eigenvalue weighted by Gasteiger charge is 2.10. The van der Waals surface area contributed by atoms with Crippen LogP contribution in [0.15, 0.2) is 46.9 Å². The number of aryl methyl sites for hydroxylation is 1. The third-order valence-electron chi connectivity index (χ3n) is 2.83. The standard InChI is InChI=1S/C16H13BrClNO/c17-15-10-14(18)9-13(11-19)16(15)20-8-4-7-12-5-2-1-3-6-12/h1-3,5-6,9-10H,4,7-8H2. The van der Waals surface area contributed by atoms with E-state index in [-0.39, 0.29) is 0 Å². The quantitative estimate of drug-likeness (QED) is 0.712. The van der Waals surface area contributed by atoms with E-state index in [9.17, 15) is 0 Å². The van der Waals surface area contributed by atoms with Gasteiger partial charge in [-0.1, -0.05) is 41.9 Å². The molecule has 2 nitrogen and oxygen atoms in total. The Hall–Kier alpha value is -1.50. The van der Waals surface area contributed by atoms with E-state index in [1.807, 2.05) is 18.2 Å². The predicted octanol–water partition coefficient (Wildman–Crippen LogP) is 4.99. The van der Waals surface area contributed by atoms with Gasteiger partial charge in [0.25, 0.3) is 0 Å². The Morgan fingerprint density at radius 1 is 1.20 bits per heavy atom. The zero-order valence-corrected chi connectivity index (χ0v) is 13.1. The second-order valence-electron chi connectivity index (χ2n) is 4.31. The molecule has 2 rings (SSSR count). The summed E-state index contributed by atoms with van der Waals surface area (Å²) in [7, 11) is 0. The first kappa shape index (κ1) is 14.9. The van der Waals surface area contributed by atoms with Gasteiger partial charge in [-0.25, -0.2) is 0 Å². The number of halogens is 2. The van der Waals surface area contributed by atoms with E-state index >= 15 is 0 Å². The Morgan fingerprint density at radius 2 is 1.95 bits per heavy atom. The molecule has 0 bridgehead atoms. The fourth-order valence-electron chi connectivity index (χ4n) is 1.89. The molecule has 0 amide bonds. The summed E-state index contributed by atoms with van der Waals surface area (Å²) in [5.41, 5.74) is 1.73. The van der Waals surface area contributed by atoms with Crippen LogP contribution in [0.2, 0.25) is 5.02 Å². The number of hydrogen-bond acceptors (Lipinski definition) is 2. The maximum absolute atomic E-state index is 9.09. The highest BCUT2D eigenvalue weighted by atomic mass is 79.9. The predicted molar refractivity (Wildman–Crippen MR) is 84.1 cm³/mol. The van der Waals surface area contributed by atoms with Crippen molar-refractivity contribution >= 4 is 27.5 Å². The van der Waals surface area contributed by atoms with Gasteiger partial charge in [-0.2, -0.15) is 5.26 Å². The summed E-state index contributed by atoms with van der Waals surface area (Å²) in [6.45, 7) is 0.559. The zero-order valence-electron chi connectivity index (χ0n) is 10.8. The van der Waals surface area contributed by atoms with Crippen molar-refractivity contribution in [1.82, 2.24) is 0 Å². The molecular formula is C16H13BrClNO. The van der Waals surface area contributed by atoms with Crippen LogP contribution < -0.4 is 4.74 Å². The minimum Gasteiger partial charge on any atom is -0.491 e. The van der Waals surface area contributed by atoms with Gasteiger partial charge >= 0.3 is 0 Å². The molecule has 0 heterocycles. The smallest absolute Gasteiger partial charge is 0.151 e. The lowest BCUT2D eigenvalue weighted by atomic mass is 10.1. The van der Waals surface area contributed by atoms with Gasteiger partial charge in [0.05, 0.1) is 16.6 Å². The second kappa shape index (κ2) is 7.33. The topological polar surface area (TPSA) is 33.0 Å². The largest absolute Gasteiger partial charge is 0.491 e. The lowest BCUT2D eigenvalue weighted by Crippen LogP contribution is -2.01. The molecular weight excluding hydrogens is 338 g/mol. The van der Waals surface area contributed by atoms with Gasteiger partial charge in [-0.15, -0.1) is 0 Å². The SMILES string of the molecule is N#Cc1cc(Cl)cc(Br)c1OCCCc1ccccc1. The molecule has 0 saturated heterocycles. The van der Waals surface area contributed by atoms with E-state index in [1.165, 1.54) is 5.56 Å². The first-order valence-electron chi connectivity index (χ1n) is 6.26. The van der Waals surface area contributed by atoms with E-state index in [0.717, 1.165) is 12.8 Å². The Labute approximate surface area is 132 Å². The van der Waals surface area contributed by atoms with E-state index in [0.29, 0.717) is 27.4 Å². The fourth-order valence-corrected chi connectivity index (χ4v) is 2.81. The molecule has 0 aliphatic rings. The summed E-state index contributed by atoms with van der Waals surface area (Å²) in [5, 5.41) is 9.61. The fraction of sp³-hybridized carbons (Fsp3) is 0.188. The third kappa shape index (κ3) is 4.00. The van der Waals surface area contributed by atoms with Crippen molar-refractivity contribution in [1.29, 1.82) is 5.26 Å². The highest BCUT2D eigenvalue weighted by Crippen LogP contribution is 2.32. The summed E-state index contributed by atoms with van der Waals surface area (Å²) in [5.74, 6) is 0.560. The van der Waals surface area contributed by atoms with Crippen LogP contribution in [-0.2, 0) is 6.42 Å². The van der Waals surface area contributed by atoms with Crippen LogP contribution in [0.3, 0.4) is 0 Å². The Morgan fingerprint density at radius 3 is 2.65 bits per heavy atom. The van der Waals surface area contributed by atoms with Crippen LogP contribution in [0, 0.1) is 11.3 Å². The molecule has 0 aromatic heterocycles. The molecule has 20 heavy (non-hydrogen) atoms. The molecule has 0 spiro atoms. The van der Waals surface area contributed by atoms with Gasteiger partial charge < -0.3 is 4.74 Å². The molecule has 0 atom stereocenters. The minimum atomic E-state index is 0.448. The van der Waals surface area contributed by atoms with Gasteiger partial charge in [0, 0.05) is 5.02 Å². The van der Waals surface area contributed by atoms with E-state index < -0.39 is 0 Å². The zero-order chi connectivity index (χ0) is 14.4. The summed E-state index contributed by atoms with van der Waals surface area (Å²) < 4.78 is 6.42. The van der Waals surface area contributed by atoms with Gasteiger partial charge in [0.1, 0.15) is 6.07 Å². The Kier molecular flexibility index (Phi) is 5.46. The van der Waals surface area contributed by atoms with Crippen molar-refractivity contribution in [2.24, 2.45) is 0 Å². The van der Waals surface area contributed by atoms with E-state index in [1.54, 1.807) is 12.1 Å². The van der Waals surface area contributed by atoms with Crippen molar-refractivity contribution in [3.8, 4) is 11.8 Å². The van der Waals surface area contributed by atoms with E-state index in [4.69, 9.17) is 21.6 Å². The molecule has 0 fully saturated rings. The van der Waals surface area contributed by atoms with Crippen molar-refractivity contribution < 1.29 is 4.74 Å². The average Bonchev–Trinajstić information content (AvgIpc) is 2.45. The molecule has 0 N–H and O–H groups in total. The first-order chi connectivity index (χ1) is 9.70. The van der Waals surface area contributed by atoms with Crippen LogP contribution in [0.1, 0.15) is 17.5 Å². The number of hydrogen-bond donors (Lipinski definition) is 0. The minimum absolute atomic E-state index is 0.448. The van der Waals surface area contributed by atoms with Crippen molar-refractivity contribution in [2.75, 3.05) is 6.61 Å². The van der Waals surface area contributed by atoms with Gasteiger partial charge in [0.2, 0.25) is 0 Å². The molecule has 0 aliphatic heterocycles. The molecule has 0 saturated carbocycles. The van der Waals surface area contributed by atoms with Crippen molar-refractivity contribution in [2.45, 2.75) is 12.8 Å². The maximum Gasteiger partial charge on any atom is 0.151 e. The van der Waals surface area contributed by atoms with Crippen molar-refractivity contribution in [3.63, 3.8) is 0 Å². The van der Waals surface area contributed by atoms with E-state index in [2.05, 4.69) is 34.1 Å². The van der Waals surface area contributed by atoms with Crippen molar-refractivity contribution in [3.05, 3.63) is 63.1 Å². The first-order valence-corrected chi connectivity index (χ1v) is 7.43. The molecule has 0 radical (unpaired) electrons. The molecule has 4 heteroatoms. The monoisotopic (exact) mass is 349 g/mol. The maximum atomic E-state index is 9.09. The summed E-state index contributed by atoms with van der Waals surface area (Å²) in [4.78, 5) is 0. The second-order valence-corrected chi connectivity index (χ2v) is 5.60. The number of rotatable bonds is 5. The van der Waals surface area contributed by atoms with Gasteiger partial charge in [0.15, 0.2) is 5.75 Å². The molecule has 2 aromatic carbocycles. The number of nitriles is 1.